The number of nitrogens with zero attached hydrogens (tertiary/aromatic N) is 1. The van der Waals surface area contributed by atoms with E-state index in [0.29, 0.717) is 73.3 Å². The second kappa shape index (κ2) is 16.8. The first-order valence-electron chi connectivity index (χ1n) is 23.8. The summed E-state index contributed by atoms with van der Waals surface area (Å²) in [5, 5.41) is 26.9. The molecule has 5 fully saturated rings. The van der Waals surface area contributed by atoms with Crippen LogP contribution in [0.5, 0.6) is 5.75 Å². The van der Waals surface area contributed by atoms with Crippen LogP contribution < -0.4 is 4.74 Å². The van der Waals surface area contributed by atoms with E-state index in [1.807, 2.05) is 102 Å². The molecule has 326 valence electrons. The monoisotopic (exact) mass is 841 g/mol. The second-order valence-electron chi connectivity index (χ2n) is 20.8. The molecule has 4 atom stereocenters. The second-order valence-corrected chi connectivity index (χ2v) is 20.8. The number of allylic oxidation sites excluding steroid dienone is 2. The summed E-state index contributed by atoms with van der Waals surface area (Å²) < 4.78 is 6.35. The van der Waals surface area contributed by atoms with Gasteiger partial charge in [-0.1, -0.05) is 116 Å². The summed E-state index contributed by atoms with van der Waals surface area (Å²) in [5.74, 6) is 2.44. The fourth-order valence-corrected chi connectivity index (χ4v) is 13.7. The van der Waals surface area contributed by atoms with Gasteiger partial charge in [0, 0.05) is 23.1 Å². The van der Waals surface area contributed by atoms with Gasteiger partial charge in [-0.05, 0) is 171 Å². The van der Waals surface area contributed by atoms with Gasteiger partial charge in [-0.25, -0.2) is 4.79 Å². The predicted octanol–water partition coefficient (Wildman–Crippen LogP) is 12.5. The van der Waals surface area contributed by atoms with Crippen molar-refractivity contribution in [3.05, 3.63) is 149 Å². The van der Waals surface area contributed by atoms with Gasteiger partial charge in [0.05, 0.1) is 18.2 Å². The fraction of sp³-hybridized carbons (Fsp3) is 0.439. The fourth-order valence-electron chi connectivity index (χ4n) is 13.7. The van der Waals surface area contributed by atoms with Gasteiger partial charge in [-0.3, -0.25) is 4.79 Å². The summed E-state index contributed by atoms with van der Waals surface area (Å²) >= 11 is 0. The van der Waals surface area contributed by atoms with Gasteiger partial charge in [0.15, 0.2) is 5.78 Å². The minimum atomic E-state index is -1.27. The maximum atomic E-state index is 15.2. The molecule has 0 saturated heterocycles. The Morgan fingerprint density at radius 2 is 1.44 bits per heavy atom. The highest BCUT2D eigenvalue weighted by atomic mass is 16.6. The third-order valence-corrected chi connectivity index (χ3v) is 16.5. The van der Waals surface area contributed by atoms with Crippen molar-refractivity contribution >= 4 is 22.6 Å². The van der Waals surface area contributed by atoms with E-state index in [1.165, 1.54) is 24.8 Å². The van der Waals surface area contributed by atoms with Crippen molar-refractivity contribution in [1.82, 2.24) is 4.90 Å². The Balaban J connectivity index is 1.04. The number of aliphatic hydroxyl groups excluding tert-OH is 1. The van der Waals surface area contributed by atoms with Crippen molar-refractivity contribution in [2.24, 2.45) is 28.6 Å². The molecule has 12 rings (SSSR count). The van der Waals surface area contributed by atoms with E-state index >= 15 is 4.79 Å². The van der Waals surface area contributed by atoms with Crippen LogP contribution in [0.3, 0.4) is 0 Å². The molecule has 5 saturated carbocycles. The Morgan fingerprint density at radius 3 is 2.21 bits per heavy atom. The molecule has 0 heterocycles. The van der Waals surface area contributed by atoms with Gasteiger partial charge < -0.3 is 19.8 Å². The quantitative estimate of drug-likeness (QED) is 0.120. The van der Waals surface area contributed by atoms with Crippen LogP contribution in [0.2, 0.25) is 0 Å². The lowest BCUT2D eigenvalue weighted by Crippen LogP contribution is -2.58. The molecule has 0 aliphatic heterocycles. The molecule has 6 nitrogen and oxygen atoms in total. The van der Waals surface area contributed by atoms with E-state index in [9.17, 15) is 15.0 Å². The highest BCUT2D eigenvalue weighted by Crippen LogP contribution is 2.62. The van der Waals surface area contributed by atoms with Gasteiger partial charge in [0.2, 0.25) is 0 Å². The number of aliphatic hydroxyl groups is 2. The summed E-state index contributed by atoms with van der Waals surface area (Å²) in [7, 11) is 0. The van der Waals surface area contributed by atoms with Crippen molar-refractivity contribution < 1.29 is 24.5 Å². The summed E-state index contributed by atoms with van der Waals surface area (Å²) in [6.07, 6.45) is 13.1. The Hall–Kier alpha value is -5.04. The molecule has 0 aromatic heterocycles. The number of carbonyl (C=O) groups excluding carboxylic acids is 2. The summed E-state index contributed by atoms with van der Waals surface area (Å²) in [4.78, 5) is 32.0. The summed E-state index contributed by atoms with van der Waals surface area (Å²) in [5.41, 5.74) is 4.29. The van der Waals surface area contributed by atoms with Crippen LogP contribution in [0.25, 0.3) is 21.9 Å². The molecule has 7 aliphatic rings. The highest BCUT2D eigenvalue weighted by Gasteiger charge is 2.59. The molecule has 0 unspecified atom stereocenters. The molecule has 1 amide bonds. The minimum absolute atomic E-state index is 0.0294. The van der Waals surface area contributed by atoms with Crippen molar-refractivity contribution in [2.75, 3.05) is 13.1 Å². The zero-order valence-electron chi connectivity index (χ0n) is 37.1. The molecule has 5 aromatic carbocycles. The number of fused-ring (bicyclic) bond motifs is 9. The first kappa shape index (κ1) is 41.9. The van der Waals surface area contributed by atoms with Crippen LogP contribution in [-0.2, 0) is 6.42 Å². The topological polar surface area (TPSA) is 87.1 Å². The number of rotatable bonds is 8. The maximum absolute atomic E-state index is 15.2. The van der Waals surface area contributed by atoms with E-state index in [0.717, 1.165) is 65.1 Å². The zero-order chi connectivity index (χ0) is 43.3. The molecular formula is C57H63NO5. The van der Waals surface area contributed by atoms with Gasteiger partial charge >= 0.3 is 6.09 Å². The number of benzene rings is 5. The number of hydrogen-bond acceptors (Lipinski definition) is 5. The normalized spacial score (nSPS) is 30.1. The average molecular weight is 842 g/mol. The SMILES string of the molecule is CC1=CCC[C@@]2(C)[C@@H](CC[C@@]2(O)CN(CC23CC4CC(CC(C4)C2)C3)C(=O)Oc2ccc3ccccc3c2)c2ccc(cc2C(=O)c2ccccc2-c2ccccc2)C[C@@H](O)CC1. The molecule has 63 heavy (non-hydrogen) atoms. The van der Waals surface area contributed by atoms with Gasteiger partial charge in [-0.15, -0.1) is 0 Å². The molecular weight excluding hydrogens is 779 g/mol. The number of carbonyl (C=O) groups is 2. The lowest BCUT2D eigenvalue weighted by molar-refractivity contribution is -0.101. The molecule has 7 aliphatic carbocycles. The molecule has 0 spiro atoms. The molecule has 6 bridgehead atoms. The van der Waals surface area contributed by atoms with Crippen LogP contribution in [0.15, 0.2) is 127 Å². The lowest BCUT2D eigenvalue weighted by Gasteiger charge is -2.58. The first-order chi connectivity index (χ1) is 30.5. The predicted molar refractivity (Wildman–Crippen MR) is 251 cm³/mol. The maximum Gasteiger partial charge on any atom is 0.415 e. The van der Waals surface area contributed by atoms with Gasteiger partial charge in [0.25, 0.3) is 0 Å². The molecule has 2 N–H and O–H groups in total. The summed E-state index contributed by atoms with van der Waals surface area (Å²) in [6, 6.07) is 38.1. The van der Waals surface area contributed by atoms with Crippen LogP contribution >= 0.6 is 0 Å². The van der Waals surface area contributed by atoms with Crippen molar-refractivity contribution in [3.63, 3.8) is 0 Å². The Kier molecular flexibility index (Phi) is 11.2. The number of ether oxygens (including phenoxy) is 1. The number of amides is 1. The van der Waals surface area contributed by atoms with E-state index in [1.54, 1.807) is 0 Å². The largest absolute Gasteiger partial charge is 0.415 e. The average Bonchev–Trinajstić information content (AvgIpc) is 3.53. The van der Waals surface area contributed by atoms with E-state index < -0.39 is 23.2 Å². The molecule has 6 heteroatoms. The van der Waals surface area contributed by atoms with E-state index in [4.69, 9.17) is 4.74 Å². The highest BCUT2D eigenvalue weighted by molar-refractivity contribution is 6.14. The lowest BCUT2D eigenvalue weighted by atomic mass is 9.49. The Labute approximate surface area is 373 Å². The first-order valence-corrected chi connectivity index (χ1v) is 23.8. The van der Waals surface area contributed by atoms with Crippen LogP contribution in [0, 0.1) is 28.6 Å². The zero-order valence-corrected chi connectivity index (χ0v) is 37.1. The Morgan fingerprint density at radius 1 is 0.746 bits per heavy atom. The van der Waals surface area contributed by atoms with Crippen molar-refractivity contribution in [1.29, 1.82) is 0 Å². The number of hydrogen-bond donors (Lipinski definition) is 2. The van der Waals surface area contributed by atoms with Crippen LogP contribution in [0.1, 0.15) is 124 Å². The number of ketones is 1. The van der Waals surface area contributed by atoms with Gasteiger partial charge in [-0.2, -0.15) is 0 Å². The third kappa shape index (κ3) is 8.19. The van der Waals surface area contributed by atoms with Crippen LogP contribution in [0.4, 0.5) is 4.79 Å². The molecule has 0 radical (unpaired) electrons. The van der Waals surface area contributed by atoms with Crippen molar-refractivity contribution in [3.8, 4) is 16.9 Å². The van der Waals surface area contributed by atoms with Crippen LogP contribution in [-0.4, -0.2) is 51.8 Å². The third-order valence-electron chi connectivity index (χ3n) is 16.5. The smallest absolute Gasteiger partial charge is 0.410 e. The van der Waals surface area contributed by atoms with E-state index in [2.05, 4.69) is 38.1 Å². The van der Waals surface area contributed by atoms with E-state index in [-0.39, 0.29) is 23.7 Å². The summed E-state index contributed by atoms with van der Waals surface area (Å²) in [6.45, 7) is 5.12. The standard InChI is InChI=1S/C57H63NO5/c1-38-11-10-25-55(2)52(49-23-19-39(30-46(59)21-18-38)31-51(49)53(60)50-17-9-8-16-48(50)44-13-4-3-5-14-44)24-26-57(55,62)37-58(36-56-33-40-27-41(34-56)29-42(28-40)35-56)54(61)63-47-22-20-43-12-6-7-15-45(43)32-47/h3-9,11-17,19-20,22-23,31-32,40-42,46,52,59,62H,10,18,21,24-30,33-37H2,1-2H3/t40?,41?,42?,46-,52-,55-,56?,57+/m0/s1. The van der Waals surface area contributed by atoms with Crippen molar-refractivity contribution in [2.45, 2.75) is 115 Å². The molecule has 5 aromatic rings. The van der Waals surface area contributed by atoms with Gasteiger partial charge in [0.1, 0.15) is 5.75 Å². The Bertz CT molecular complexity index is 2510. The minimum Gasteiger partial charge on any atom is -0.410 e.